The third-order valence-electron chi connectivity index (χ3n) is 4.24. The minimum Gasteiger partial charge on any atom is -0.525 e. The largest absolute Gasteiger partial charge is 0.525 e. The van der Waals surface area contributed by atoms with Gasteiger partial charge in [-0.2, -0.15) is 0 Å². The van der Waals surface area contributed by atoms with Gasteiger partial charge in [-0.1, -0.05) is 72.8 Å². The fourth-order valence-corrected chi connectivity index (χ4v) is 3.29. The van der Waals surface area contributed by atoms with E-state index in [2.05, 4.69) is 67.6 Å². The summed E-state index contributed by atoms with van der Waals surface area (Å²) in [6.45, 7) is 4.15. The summed E-state index contributed by atoms with van der Waals surface area (Å²) in [5.41, 5.74) is 5.99. The van der Waals surface area contributed by atoms with E-state index in [0.717, 1.165) is 17.7 Å². The quantitative estimate of drug-likeness (QED) is 0.227. The molecule has 135 valence electrons. The molecule has 0 N–H and O–H groups in total. The van der Waals surface area contributed by atoms with Gasteiger partial charge >= 0.3 is 0 Å². The Morgan fingerprint density at radius 3 is 1.78 bits per heavy atom. The maximum absolute atomic E-state index is 6.17. The molecule has 3 heteroatoms. The molecule has 3 aromatic carbocycles. The van der Waals surface area contributed by atoms with Crippen molar-refractivity contribution >= 4 is 22.7 Å². The molecule has 27 heavy (non-hydrogen) atoms. The van der Waals surface area contributed by atoms with Crippen LogP contribution in [0.15, 0.2) is 84.9 Å². The monoisotopic (exact) mass is 450 g/mol. The second kappa shape index (κ2) is 11.4. The molecule has 0 aliphatic carbocycles. The molecule has 0 unspecified atom stereocenters. The molecule has 0 aromatic heterocycles. The maximum Gasteiger partial charge on any atom is 0.115 e. The molecule has 0 aliphatic heterocycles. The van der Waals surface area contributed by atoms with E-state index in [9.17, 15) is 0 Å². The fraction of sp³-hybridized carbons (Fsp3) is 0.125. The van der Waals surface area contributed by atoms with Crippen LogP contribution in [0, 0.1) is 6.92 Å². The Morgan fingerprint density at radius 2 is 1.26 bits per heavy atom. The van der Waals surface area contributed by atoms with E-state index in [4.69, 9.17) is 16.3 Å². The second-order valence-electron chi connectivity index (χ2n) is 5.90. The molecule has 0 bridgehead atoms. The SMILES string of the molecule is [CH2-]COc1ccc(/C(=C(/CCCl)c2ccccc2)c2ccccc2)cc1.[Y]. The van der Waals surface area contributed by atoms with Crippen LogP contribution in [0.1, 0.15) is 23.1 Å². The third kappa shape index (κ3) is 5.78. The molecule has 0 fully saturated rings. The normalized spacial score (nSPS) is 11.3. The molecule has 0 amide bonds. The number of allylic oxidation sites excluding steroid dienone is 1. The Morgan fingerprint density at radius 1 is 0.741 bits per heavy atom. The zero-order chi connectivity index (χ0) is 18.2. The Bertz CT molecular complexity index is 843. The van der Waals surface area contributed by atoms with Gasteiger partial charge in [-0.15, -0.1) is 11.6 Å². The minimum absolute atomic E-state index is 0. The van der Waals surface area contributed by atoms with Crippen LogP contribution >= 0.6 is 11.6 Å². The molecule has 1 nitrogen and oxygen atoms in total. The standard InChI is InChI=1S/C24H22ClO.Y/c1-2-26-22-15-13-21(14-16-22)24(20-11-7-4-8-12-20)23(17-18-25)19-9-5-3-6-10-19;/h3-16H,1-2,17-18H2;/q-1;/b24-23-;. The predicted octanol–water partition coefficient (Wildman–Crippen LogP) is 6.48. The summed E-state index contributed by atoms with van der Waals surface area (Å²) < 4.78 is 5.49. The van der Waals surface area contributed by atoms with Crippen LogP contribution in [-0.2, 0) is 32.7 Å². The van der Waals surface area contributed by atoms with E-state index >= 15 is 0 Å². The smallest absolute Gasteiger partial charge is 0.115 e. The van der Waals surface area contributed by atoms with Gasteiger partial charge in [0.05, 0.1) is 0 Å². The zero-order valence-corrected chi connectivity index (χ0v) is 18.9. The van der Waals surface area contributed by atoms with Crippen molar-refractivity contribution in [3.8, 4) is 5.75 Å². The van der Waals surface area contributed by atoms with Crippen molar-refractivity contribution in [2.24, 2.45) is 0 Å². The molecule has 1 radical (unpaired) electrons. The molecular weight excluding hydrogens is 429 g/mol. The van der Waals surface area contributed by atoms with Gasteiger partial charge in [-0.3, -0.25) is 0 Å². The van der Waals surface area contributed by atoms with Crippen LogP contribution in [0.25, 0.3) is 11.1 Å². The van der Waals surface area contributed by atoms with Crippen LogP contribution < -0.4 is 4.74 Å². The summed E-state index contributed by atoms with van der Waals surface area (Å²) in [7, 11) is 0. The Hall–Kier alpha value is -1.41. The Balaban J connectivity index is 0.00000261. The average molecular weight is 451 g/mol. The van der Waals surface area contributed by atoms with Gasteiger partial charge in [0.15, 0.2) is 0 Å². The van der Waals surface area contributed by atoms with Gasteiger partial charge < -0.3 is 11.7 Å². The number of ether oxygens (including phenoxy) is 1. The van der Waals surface area contributed by atoms with Crippen molar-refractivity contribution in [1.82, 2.24) is 0 Å². The molecule has 3 aromatic rings. The molecular formula is C24H22ClOY-. The first-order valence-corrected chi connectivity index (χ1v) is 9.29. The van der Waals surface area contributed by atoms with Crippen molar-refractivity contribution in [1.29, 1.82) is 0 Å². The van der Waals surface area contributed by atoms with E-state index in [1.54, 1.807) is 0 Å². The average Bonchev–Trinajstić information content (AvgIpc) is 2.70. The molecule has 0 spiro atoms. The number of halogens is 1. The fourth-order valence-electron chi connectivity index (χ4n) is 3.10. The number of hydrogen-bond donors (Lipinski definition) is 0. The molecule has 3 rings (SSSR count). The zero-order valence-electron chi connectivity index (χ0n) is 15.3. The Labute approximate surface area is 192 Å². The van der Waals surface area contributed by atoms with Crippen LogP contribution in [0.4, 0.5) is 0 Å². The summed E-state index contributed by atoms with van der Waals surface area (Å²) in [6.07, 6.45) is 0.799. The van der Waals surface area contributed by atoms with Crippen molar-refractivity contribution in [3.63, 3.8) is 0 Å². The molecule has 0 aliphatic rings. The number of hydrogen-bond acceptors (Lipinski definition) is 1. The first-order chi connectivity index (χ1) is 12.8. The number of benzene rings is 3. The summed E-state index contributed by atoms with van der Waals surface area (Å²) in [5.74, 6) is 1.40. The number of alkyl halides is 1. The van der Waals surface area contributed by atoms with Crippen LogP contribution in [0.2, 0.25) is 0 Å². The van der Waals surface area contributed by atoms with Crippen LogP contribution in [-0.4, -0.2) is 12.5 Å². The van der Waals surface area contributed by atoms with E-state index < -0.39 is 0 Å². The van der Waals surface area contributed by atoms with E-state index in [1.807, 2.05) is 24.3 Å². The molecule has 0 saturated carbocycles. The topological polar surface area (TPSA) is 9.23 Å². The van der Waals surface area contributed by atoms with Gasteiger partial charge in [0, 0.05) is 38.6 Å². The van der Waals surface area contributed by atoms with E-state index in [-0.39, 0.29) is 32.7 Å². The minimum atomic E-state index is 0. The van der Waals surface area contributed by atoms with Crippen molar-refractivity contribution in [3.05, 3.63) is 109 Å². The van der Waals surface area contributed by atoms with Gasteiger partial charge in [0.2, 0.25) is 0 Å². The van der Waals surface area contributed by atoms with Gasteiger partial charge in [-0.05, 0) is 53.0 Å². The first-order valence-electron chi connectivity index (χ1n) is 8.76. The number of rotatable bonds is 7. The van der Waals surface area contributed by atoms with Gasteiger partial charge in [-0.25, -0.2) is 0 Å². The predicted molar refractivity (Wildman–Crippen MR) is 111 cm³/mol. The van der Waals surface area contributed by atoms with Gasteiger partial charge in [0.25, 0.3) is 0 Å². The maximum atomic E-state index is 6.17. The second-order valence-corrected chi connectivity index (χ2v) is 6.28. The summed E-state index contributed by atoms with van der Waals surface area (Å²) in [5, 5.41) is 0. The van der Waals surface area contributed by atoms with Crippen LogP contribution in [0.5, 0.6) is 5.75 Å². The van der Waals surface area contributed by atoms with Crippen molar-refractivity contribution in [2.75, 3.05) is 12.5 Å². The molecule has 0 atom stereocenters. The third-order valence-corrected chi connectivity index (χ3v) is 4.43. The van der Waals surface area contributed by atoms with Crippen molar-refractivity contribution < 1.29 is 37.4 Å². The van der Waals surface area contributed by atoms with E-state index in [0.29, 0.717) is 12.5 Å². The first kappa shape index (κ1) is 21.9. The van der Waals surface area contributed by atoms with Crippen molar-refractivity contribution in [2.45, 2.75) is 6.42 Å². The van der Waals surface area contributed by atoms with E-state index in [1.165, 1.54) is 22.3 Å². The Kier molecular flexibility index (Phi) is 9.27. The molecule has 0 saturated heterocycles. The van der Waals surface area contributed by atoms with Gasteiger partial charge in [0.1, 0.15) is 5.75 Å². The van der Waals surface area contributed by atoms with Crippen LogP contribution in [0.3, 0.4) is 0 Å². The summed E-state index contributed by atoms with van der Waals surface area (Å²) in [6, 6.07) is 29.1. The summed E-state index contributed by atoms with van der Waals surface area (Å²) in [4.78, 5) is 0. The molecule has 0 heterocycles. The summed E-state index contributed by atoms with van der Waals surface area (Å²) >= 11 is 6.17.